The van der Waals surface area contributed by atoms with Gasteiger partial charge < -0.3 is 23.9 Å². The van der Waals surface area contributed by atoms with Crippen LogP contribution in [0.15, 0.2) is 42.5 Å². The van der Waals surface area contributed by atoms with Crippen molar-refractivity contribution in [2.75, 3.05) is 19.7 Å². The number of benzene rings is 2. The van der Waals surface area contributed by atoms with Crippen LogP contribution in [0.3, 0.4) is 0 Å². The van der Waals surface area contributed by atoms with Gasteiger partial charge in [0.1, 0.15) is 21.3 Å². The summed E-state index contributed by atoms with van der Waals surface area (Å²) in [6.45, 7) is 7.56. The van der Waals surface area contributed by atoms with Crippen molar-refractivity contribution in [2.45, 2.75) is 64.0 Å². The number of aromatic nitrogens is 2. The Balaban J connectivity index is 1.07. The Labute approximate surface area is 241 Å². The molecule has 0 spiro atoms. The van der Waals surface area contributed by atoms with E-state index in [0.29, 0.717) is 40.9 Å². The third-order valence-corrected chi connectivity index (χ3v) is 9.54. The normalized spacial score (nSPS) is 22.8. The second-order valence-corrected chi connectivity index (χ2v) is 12.4. The van der Waals surface area contributed by atoms with Crippen molar-refractivity contribution in [3.8, 4) is 11.5 Å². The van der Waals surface area contributed by atoms with Gasteiger partial charge in [0.25, 0.3) is 5.79 Å². The van der Waals surface area contributed by atoms with Gasteiger partial charge in [-0.25, -0.2) is 14.2 Å². The molecule has 0 bridgehead atoms. The third kappa shape index (κ3) is 4.77. The number of hydrogen-bond acceptors (Lipinski definition) is 7. The molecule has 0 radical (unpaired) electrons. The van der Waals surface area contributed by atoms with Gasteiger partial charge in [0.05, 0.1) is 30.3 Å². The number of piperidine rings is 1. The molecule has 2 atom stereocenters. The van der Waals surface area contributed by atoms with Crippen LogP contribution in [0.5, 0.6) is 11.5 Å². The van der Waals surface area contributed by atoms with E-state index in [1.807, 2.05) is 25.1 Å². The van der Waals surface area contributed by atoms with E-state index in [9.17, 15) is 14.3 Å². The minimum atomic E-state index is -1.22. The molecule has 3 aliphatic rings. The lowest BCUT2D eigenvalue weighted by Crippen LogP contribution is -2.35. The van der Waals surface area contributed by atoms with Gasteiger partial charge in [-0.2, -0.15) is 0 Å². The van der Waals surface area contributed by atoms with E-state index in [0.717, 1.165) is 66.3 Å². The lowest BCUT2D eigenvalue weighted by Gasteiger charge is -2.33. The number of aryl methyl sites for hydroxylation is 1. The highest BCUT2D eigenvalue weighted by atomic mass is 32.1. The summed E-state index contributed by atoms with van der Waals surface area (Å²) in [5, 5.41) is 9.46. The Hall–Kier alpha value is -3.47. The quantitative estimate of drug-likeness (QED) is 0.286. The molecule has 4 aromatic rings. The summed E-state index contributed by atoms with van der Waals surface area (Å²) < 4.78 is 35.3. The van der Waals surface area contributed by atoms with E-state index < -0.39 is 11.8 Å². The molecular weight excluding hydrogens is 545 g/mol. The maximum Gasteiger partial charge on any atom is 0.346 e. The number of imidazole rings is 1. The zero-order valence-electron chi connectivity index (χ0n) is 23.1. The largest absolute Gasteiger partial charge is 0.477 e. The molecule has 5 heterocycles. The van der Waals surface area contributed by atoms with Crippen LogP contribution in [0.25, 0.3) is 10.3 Å². The summed E-state index contributed by atoms with van der Waals surface area (Å²) in [6.07, 6.45) is 3.04. The summed E-state index contributed by atoms with van der Waals surface area (Å²) in [5.41, 5.74) is 3.21. The number of carboxylic acids is 1. The van der Waals surface area contributed by atoms with Crippen molar-refractivity contribution in [1.29, 1.82) is 0 Å². The summed E-state index contributed by atoms with van der Waals surface area (Å²) in [5.74, 6) is 0.119. The van der Waals surface area contributed by atoms with Crippen LogP contribution in [0, 0.1) is 12.7 Å². The van der Waals surface area contributed by atoms with Crippen LogP contribution >= 0.6 is 11.3 Å². The highest BCUT2D eigenvalue weighted by Crippen LogP contribution is 2.49. The first-order valence-corrected chi connectivity index (χ1v) is 14.9. The Morgan fingerprint density at radius 2 is 1.98 bits per heavy atom. The number of ether oxygens (including phenoxy) is 3. The molecule has 0 amide bonds. The number of thiophene rings is 1. The topological polar surface area (TPSA) is 86.1 Å². The van der Waals surface area contributed by atoms with Crippen molar-refractivity contribution in [1.82, 2.24) is 14.5 Å². The number of nitrogens with zero attached hydrogens (tertiary/aromatic N) is 3. The molecule has 10 heteroatoms. The highest BCUT2D eigenvalue weighted by molar-refractivity contribution is 7.20. The summed E-state index contributed by atoms with van der Waals surface area (Å²) in [4.78, 5) is 19.9. The monoisotopic (exact) mass is 577 g/mol. The number of halogens is 1. The van der Waals surface area contributed by atoms with E-state index in [1.54, 1.807) is 19.1 Å². The van der Waals surface area contributed by atoms with Gasteiger partial charge in [0, 0.05) is 19.1 Å². The van der Waals surface area contributed by atoms with Gasteiger partial charge in [-0.1, -0.05) is 18.2 Å². The van der Waals surface area contributed by atoms with Crippen molar-refractivity contribution >= 4 is 27.7 Å². The smallest absolute Gasteiger partial charge is 0.346 e. The van der Waals surface area contributed by atoms with E-state index in [-0.39, 0.29) is 11.9 Å². The molecule has 41 heavy (non-hydrogen) atoms. The molecule has 8 nitrogen and oxygen atoms in total. The fourth-order valence-corrected chi connectivity index (χ4v) is 7.08. The number of rotatable bonds is 7. The lowest BCUT2D eigenvalue weighted by molar-refractivity contribution is -0.0712. The average molecular weight is 578 g/mol. The first kappa shape index (κ1) is 26.4. The lowest BCUT2D eigenvalue weighted by atomic mass is 9.88. The van der Waals surface area contributed by atoms with E-state index in [4.69, 9.17) is 19.2 Å². The fraction of sp³-hybridized carbons (Fsp3) is 0.419. The molecule has 2 saturated heterocycles. The number of likely N-dealkylation sites (tertiary alicyclic amines) is 1. The molecule has 0 aliphatic carbocycles. The van der Waals surface area contributed by atoms with Gasteiger partial charge in [-0.3, -0.25) is 4.90 Å². The minimum absolute atomic E-state index is 0.145. The molecule has 0 unspecified atom stereocenters. The minimum Gasteiger partial charge on any atom is -0.477 e. The number of hydrogen-bond donors (Lipinski definition) is 1. The van der Waals surface area contributed by atoms with Gasteiger partial charge in [0.2, 0.25) is 0 Å². The molecule has 2 aromatic carbocycles. The summed E-state index contributed by atoms with van der Waals surface area (Å²) in [7, 11) is 0. The second kappa shape index (κ2) is 10.1. The van der Waals surface area contributed by atoms with Crippen LogP contribution in [-0.4, -0.2) is 51.3 Å². The fourth-order valence-electron chi connectivity index (χ4n) is 6.19. The van der Waals surface area contributed by atoms with Gasteiger partial charge in [-0.05, 0) is 75.0 Å². The van der Waals surface area contributed by atoms with Gasteiger partial charge >= 0.3 is 5.97 Å². The van der Waals surface area contributed by atoms with E-state index >= 15 is 0 Å². The Morgan fingerprint density at radius 1 is 1.17 bits per heavy atom. The van der Waals surface area contributed by atoms with Crippen LogP contribution in [0.1, 0.15) is 64.3 Å². The second-order valence-electron chi connectivity index (χ2n) is 11.4. The van der Waals surface area contributed by atoms with Gasteiger partial charge in [0.15, 0.2) is 11.5 Å². The maximum absolute atomic E-state index is 14.9. The predicted molar refractivity (Wildman–Crippen MR) is 152 cm³/mol. The molecule has 2 aromatic heterocycles. The standard InChI is InChI=1S/C31H32FN3O5S/c1-18-6-7-22(23(32)14-18)31(2)39-25-5-3-4-21(28(25)40-31)19-8-11-34(12-9-19)17-27-33-29-24(15-26(41-29)30(36)37)35(27)16-20-10-13-38-20/h3-7,14-15,19-20H,8-13,16-17H2,1-2H3,(H,36,37)/t20-,31-/m0/s1. The Morgan fingerprint density at radius 3 is 2.68 bits per heavy atom. The summed E-state index contributed by atoms with van der Waals surface area (Å²) >= 11 is 1.22. The predicted octanol–water partition coefficient (Wildman–Crippen LogP) is 6.06. The number of aromatic carboxylic acids is 1. The number of fused-ring (bicyclic) bond motifs is 2. The molecule has 0 saturated carbocycles. The number of para-hydroxylation sites is 1. The third-order valence-electron chi connectivity index (χ3n) is 8.53. The SMILES string of the molecule is Cc1ccc([C@@]2(C)Oc3cccc(C4CCN(Cc5nc6sc(C(=O)O)cc6n5C[C@@H]5CCO5)CC4)c3O2)c(F)c1. The van der Waals surface area contributed by atoms with Crippen molar-refractivity contribution in [3.05, 3.63) is 75.7 Å². The van der Waals surface area contributed by atoms with Gasteiger partial charge in [-0.15, -0.1) is 11.3 Å². The first-order chi connectivity index (χ1) is 19.8. The molecule has 2 fully saturated rings. The molecule has 3 aliphatic heterocycles. The number of carboxylic acid groups (broad SMARTS) is 1. The van der Waals surface area contributed by atoms with Crippen molar-refractivity contribution < 1.29 is 28.5 Å². The zero-order valence-corrected chi connectivity index (χ0v) is 23.9. The van der Waals surface area contributed by atoms with Crippen LogP contribution in [0.2, 0.25) is 0 Å². The zero-order chi connectivity index (χ0) is 28.3. The number of carbonyl (C=O) groups is 1. The molecule has 7 rings (SSSR count). The molecular formula is C31H32FN3O5S. The summed E-state index contributed by atoms with van der Waals surface area (Å²) in [6, 6.07) is 12.8. The van der Waals surface area contributed by atoms with Crippen LogP contribution in [-0.2, 0) is 23.6 Å². The molecule has 214 valence electrons. The van der Waals surface area contributed by atoms with Crippen molar-refractivity contribution in [3.63, 3.8) is 0 Å². The Kier molecular flexibility index (Phi) is 6.52. The van der Waals surface area contributed by atoms with Crippen LogP contribution in [0.4, 0.5) is 4.39 Å². The van der Waals surface area contributed by atoms with E-state index in [2.05, 4.69) is 15.5 Å². The average Bonchev–Trinajstić information content (AvgIpc) is 3.57. The van der Waals surface area contributed by atoms with Crippen LogP contribution < -0.4 is 9.47 Å². The van der Waals surface area contributed by atoms with Crippen molar-refractivity contribution in [2.24, 2.45) is 0 Å². The highest BCUT2D eigenvalue weighted by Gasteiger charge is 2.43. The maximum atomic E-state index is 14.9. The first-order valence-electron chi connectivity index (χ1n) is 14.1. The van der Waals surface area contributed by atoms with E-state index in [1.165, 1.54) is 17.4 Å². The molecule has 1 N–H and O–H groups in total. The Bertz CT molecular complexity index is 1640.